The van der Waals surface area contributed by atoms with Gasteiger partial charge in [-0.1, -0.05) is 30.3 Å². The molecule has 0 radical (unpaired) electrons. The van der Waals surface area contributed by atoms with Crippen LogP contribution in [0.2, 0.25) is 0 Å². The van der Waals surface area contributed by atoms with Crippen LogP contribution in [0.1, 0.15) is 83.2 Å². The third kappa shape index (κ3) is 5.96. The van der Waals surface area contributed by atoms with E-state index in [2.05, 4.69) is 10.2 Å². The molecule has 1 saturated carbocycles. The smallest absolute Gasteiger partial charge is 0.349 e. The van der Waals surface area contributed by atoms with Crippen LogP contribution in [0.15, 0.2) is 30.3 Å². The number of fused-ring (bicyclic) bond motifs is 2. The number of piperidine rings is 1. The number of alkyl halides is 3. The van der Waals surface area contributed by atoms with E-state index in [-0.39, 0.29) is 80.1 Å². The third-order valence-corrected chi connectivity index (χ3v) is 9.85. The second kappa shape index (κ2) is 12.1. The van der Waals surface area contributed by atoms with E-state index in [0.717, 1.165) is 24.9 Å². The normalized spacial score (nSPS) is 31.1. The highest BCUT2D eigenvalue weighted by molar-refractivity contribution is 6.07. The molecule has 2 bridgehead atoms. The summed E-state index contributed by atoms with van der Waals surface area (Å²) in [7, 11) is 1.58. The zero-order valence-corrected chi connectivity index (χ0v) is 24.8. The Balaban J connectivity index is 0.00000387. The van der Waals surface area contributed by atoms with Crippen LogP contribution in [0.4, 0.5) is 18.0 Å². The van der Waals surface area contributed by atoms with Crippen LogP contribution < -0.4 is 5.32 Å². The van der Waals surface area contributed by atoms with Crippen molar-refractivity contribution in [3.8, 4) is 0 Å². The molecule has 41 heavy (non-hydrogen) atoms. The first kappa shape index (κ1) is 31.6. The summed E-state index contributed by atoms with van der Waals surface area (Å²) >= 11 is 0. The minimum atomic E-state index is -4.20. The van der Waals surface area contributed by atoms with Crippen LogP contribution in [-0.2, 0) is 9.59 Å². The molecule has 7 nitrogen and oxygen atoms in total. The van der Waals surface area contributed by atoms with Crippen molar-refractivity contribution in [1.82, 2.24) is 20.0 Å². The van der Waals surface area contributed by atoms with Crippen molar-refractivity contribution in [2.45, 2.75) is 108 Å². The first-order chi connectivity index (χ1) is 18.9. The summed E-state index contributed by atoms with van der Waals surface area (Å²) in [5, 5.41) is 3.17. The largest absolute Gasteiger partial charge is 0.391 e. The van der Waals surface area contributed by atoms with Crippen LogP contribution in [-0.4, -0.2) is 76.0 Å². The molecule has 1 aliphatic carbocycles. The average Bonchev–Trinajstić information content (AvgIpc) is 3.27. The monoisotopic (exact) mass is 598 g/mol. The number of nitrogens with one attached hydrogen (secondary N) is 1. The lowest BCUT2D eigenvalue weighted by Crippen LogP contribution is -2.61. The molecule has 1 spiro atoms. The van der Waals surface area contributed by atoms with E-state index in [1.54, 1.807) is 11.9 Å². The summed E-state index contributed by atoms with van der Waals surface area (Å²) in [4.78, 5) is 45.0. The predicted octanol–water partition coefficient (Wildman–Crippen LogP) is 5.69. The van der Waals surface area contributed by atoms with Crippen molar-refractivity contribution in [2.75, 3.05) is 13.6 Å². The lowest BCUT2D eigenvalue weighted by molar-refractivity contribution is -0.184. The number of amides is 4. The molecule has 0 aromatic heterocycles. The molecule has 1 aromatic carbocycles. The number of nitrogens with zero attached hydrogens (tertiary/aromatic N) is 3. The number of halogens is 4. The van der Waals surface area contributed by atoms with Crippen LogP contribution >= 0.6 is 12.4 Å². The minimum absolute atomic E-state index is 0. The fourth-order valence-corrected chi connectivity index (χ4v) is 7.87. The topological polar surface area (TPSA) is 73.0 Å². The van der Waals surface area contributed by atoms with Crippen molar-refractivity contribution in [3.05, 3.63) is 35.9 Å². The highest BCUT2D eigenvalue weighted by Gasteiger charge is 2.62. The molecule has 3 heterocycles. The van der Waals surface area contributed by atoms with Gasteiger partial charge in [0.15, 0.2) is 0 Å². The summed E-state index contributed by atoms with van der Waals surface area (Å²) < 4.78 is 39.4. The molecule has 4 amide bonds. The second-order valence-corrected chi connectivity index (χ2v) is 12.5. The van der Waals surface area contributed by atoms with Gasteiger partial charge in [0.25, 0.3) is 5.91 Å². The number of hydrogen-bond donors (Lipinski definition) is 1. The van der Waals surface area contributed by atoms with Crippen LogP contribution in [0.25, 0.3) is 0 Å². The van der Waals surface area contributed by atoms with Gasteiger partial charge in [-0.3, -0.25) is 19.4 Å². The van der Waals surface area contributed by atoms with Gasteiger partial charge in [-0.05, 0) is 77.2 Å². The van der Waals surface area contributed by atoms with Gasteiger partial charge in [-0.2, -0.15) is 13.2 Å². The van der Waals surface area contributed by atoms with Gasteiger partial charge in [0.2, 0.25) is 5.91 Å². The Morgan fingerprint density at radius 2 is 1.59 bits per heavy atom. The van der Waals surface area contributed by atoms with E-state index < -0.39 is 23.6 Å². The van der Waals surface area contributed by atoms with Gasteiger partial charge in [-0.25, -0.2) is 4.79 Å². The SMILES string of the molecule is CC(C)N1C(=O)N(C)C(=O)C12CC1CCC(C2)N1CC[C@H](NC(=O)C1CCC(C(F)(F)F)CC1)c1ccccc1.Cl. The lowest BCUT2D eigenvalue weighted by atomic mass is 9.80. The lowest BCUT2D eigenvalue weighted by Gasteiger charge is -2.48. The summed E-state index contributed by atoms with van der Waals surface area (Å²) in [5.74, 6) is -1.98. The van der Waals surface area contributed by atoms with Crippen LogP contribution in [0, 0.1) is 11.8 Å². The Morgan fingerprint density at radius 1 is 1.00 bits per heavy atom. The van der Waals surface area contributed by atoms with Crippen LogP contribution in [0.5, 0.6) is 0 Å². The molecule has 1 aromatic rings. The van der Waals surface area contributed by atoms with Crippen molar-refractivity contribution < 1.29 is 27.6 Å². The predicted molar refractivity (Wildman–Crippen MR) is 151 cm³/mol. The Labute approximate surface area is 246 Å². The summed E-state index contributed by atoms with van der Waals surface area (Å²) in [6, 6.07) is 9.53. The first-order valence-electron chi connectivity index (χ1n) is 14.7. The van der Waals surface area contributed by atoms with E-state index in [1.807, 2.05) is 44.2 Å². The highest BCUT2D eigenvalue weighted by atomic mass is 35.5. The molecule has 5 rings (SSSR count). The van der Waals surface area contributed by atoms with Crippen molar-refractivity contribution in [2.24, 2.45) is 11.8 Å². The molecular weight excluding hydrogens is 557 g/mol. The van der Waals surface area contributed by atoms with Gasteiger partial charge in [0, 0.05) is 37.6 Å². The summed E-state index contributed by atoms with van der Waals surface area (Å²) in [6.07, 6.45) is 0.131. The number of carbonyl (C=O) groups is 3. The molecule has 1 N–H and O–H groups in total. The van der Waals surface area contributed by atoms with Gasteiger partial charge in [0.05, 0.1) is 12.0 Å². The first-order valence-corrected chi connectivity index (χ1v) is 14.7. The molecule has 4 aliphatic rings. The maximum absolute atomic E-state index is 13.4. The molecule has 3 atom stereocenters. The van der Waals surface area contributed by atoms with Crippen molar-refractivity contribution in [3.63, 3.8) is 0 Å². The Morgan fingerprint density at radius 3 is 2.12 bits per heavy atom. The molecule has 4 fully saturated rings. The van der Waals surface area contributed by atoms with Gasteiger partial charge >= 0.3 is 12.2 Å². The number of rotatable bonds is 7. The average molecular weight is 599 g/mol. The number of urea groups is 1. The maximum atomic E-state index is 13.4. The van der Waals surface area contributed by atoms with E-state index in [4.69, 9.17) is 0 Å². The highest BCUT2D eigenvalue weighted by Crippen LogP contribution is 2.48. The molecule has 228 valence electrons. The standard InChI is InChI=1S/C30H41F3N4O3.ClH/c1-19(2)37-28(40)35(3)27(39)29(37)17-23-13-14-24(18-29)36(23)16-15-25(20-7-5-4-6-8-20)34-26(38)21-9-11-22(12-10-21)30(31,32)33;/h4-8,19,21-25H,9-18H2,1-3H3,(H,34,38);1H/t21?,22?,23?,24?,25-,29?;/m0./s1. The van der Waals surface area contributed by atoms with Crippen molar-refractivity contribution >= 4 is 30.3 Å². The van der Waals surface area contributed by atoms with Gasteiger partial charge in [0.1, 0.15) is 5.54 Å². The molecule has 3 saturated heterocycles. The molecule has 11 heteroatoms. The zero-order chi connectivity index (χ0) is 28.8. The molecular formula is C30H42ClF3N4O3. The number of benzene rings is 1. The number of carbonyl (C=O) groups excluding carboxylic acids is 3. The van der Waals surface area contributed by atoms with Crippen molar-refractivity contribution in [1.29, 1.82) is 0 Å². The fraction of sp³-hybridized carbons (Fsp3) is 0.700. The quantitative estimate of drug-likeness (QED) is 0.409. The summed E-state index contributed by atoms with van der Waals surface area (Å²) in [5.41, 5.74) is 0.190. The Kier molecular flexibility index (Phi) is 9.34. The third-order valence-electron chi connectivity index (χ3n) is 9.85. The van der Waals surface area contributed by atoms with E-state index in [0.29, 0.717) is 19.3 Å². The van der Waals surface area contributed by atoms with Gasteiger partial charge < -0.3 is 10.2 Å². The fourth-order valence-electron chi connectivity index (χ4n) is 7.87. The number of imide groups is 1. The molecule has 3 aliphatic heterocycles. The van der Waals surface area contributed by atoms with E-state index >= 15 is 0 Å². The van der Waals surface area contributed by atoms with Gasteiger partial charge in [-0.15, -0.1) is 12.4 Å². The Bertz CT molecular complexity index is 1100. The van der Waals surface area contributed by atoms with Crippen LogP contribution in [0.3, 0.4) is 0 Å². The Hall–Kier alpha value is -2.33. The molecule has 2 unspecified atom stereocenters. The zero-order valence-electron chi connectivity index (χ0n) is 24.0. The maximum Gasteiger partial charge on any atom is 0.391 e. The minimum Gasteiger partial charge on any atom is -0.349 e. The summed E-state index contributed by atoms with van der Waals surface area (Å²) in [6.45, 7) is 4.65. The second-order valence-electron chi connectivity index (χ2n) is 12.5. The van der Waals surface area contributed by atoms with E-state index in [1.165, 1.54) is 4.90 Å². The number of likely N-dealkylation sites (N-methyl/N-ethyl adjacent to an activating group) is 1. The van der Waals surface area contributed by atoms with E-state index in [9.17, 15) is 27.6 Å². The number of hydrogen-bond acceptors (Lipinski definition) is 4.